The molecule has 0 aliphatic heterocycles. The van der Waals surface area contributed by atoms with Gasteiger partial charge in [-0.05, 0) is 56.8 Å². The molecule has 0 aromatic heterocycles. The number of carbonyl (C=O) groups excluding carboxylic acids is 2. The van der Waals surface area contributed by atoms with Crippen LogP contribution in [0.3, 0.4) is 0 Å². The number of unbranched alkanes of at least 4 members (excludes halogenated alkanes) is 13. The molecular weight excluding hydrogens is 460 g/mol. The highest BCUT2D eigenvalue weighted by Gasteiger charge is 2.17. The first-order chi connectivity index (χ1) is 17.9. The highest BCUT2D eigenvalue weighted by Crippen LogP contribution is 2.18. The van der Waals surface area contributed by atoms with Gasteiger partial charge in [0.1, 0.15) is 0 Å². The molecule has 0 amide bonds. The van der Waals surface area contributed by atoms with Gasteiger partial charge in [-0.25, -0.2) is 0 Å². The summed E-state index contributed by atoms with van der Waals surface area (Å²) >= 11 is 0. The van der Waals surface area contributed by atoms with E-state index < -0.39 is 0 Å². The first-order valence-corrected chi connectivity index (χ1v) is 16.2. The number of hydrogen-bond donors (Lipinski definition) is 0. The van der Waals surface area contributed by atoms with Crippen molar-refractivity contribution in [1.29, 1.82) is 0 Å². The van der Waals surface area contributed by atoms with Crippen molar-refractivity contribution in [3.05, 3.63) is 0 Å². The molecule has 0 aliphatic rings. The van der Waals surface area contributed by atoms with E-state index in [1.165, 1.54) is 70.6 Å². The monoisotopic (exact) mass is 524 g/mol. The molecule has 220 valence electrons. The van der Waals surface area contributed by atoms with Gasteiger partial charge in [0.05, 0.1) is 19.1 Å². The standard InChI is InChI=1S/C33H64O4/c1-6-31(33(35)37-28-22-20-24-30(4)5)25-17-15-13-11-9-7-8-10-12-14-16-18-26-32(34)36-27-21-19-23-29(2)3/h29-31H,6-28H2,1-5H3. The van der Waals surface area contributed by atoms with Gasteiger partial charge in [-0.3, -0.25) is 9.59 Å². The molecule has 1 atom stereocenters. The fraction of sp³-hybridized carbons (Fsp3) is 0.939. The first-order valence-electron chi connectivity index (χ1n) is 16.2. The summed E-state index contributed by atoms with van der Waals surface area (Å²) in [5.74, 6) is 1.57. The minimum absolute atomic E-state index is 0.0118. The Morgan fingerprint density at radius 2 is 0.919 bits per heavy atom. The molecule has 0 fully saturated rings. The molecule has 0 saturated heterocycles. The lowest BCUT2D eigenvalue weighted by molar-refractivity contribution is -0.149. The highest BCUT2D eigenvalue weighted by atomic mass is 16.5. The van der Waals surface area contributed by atoms with Gasteiger partial charge in [-0.2, -0.15) is 0 Å². The number of rotatable bonds is 27. The fourth-order valence-electron chi connectivity index (χ4n) is 4.77. The van der Waals surface area contributed by atoms with Gasteiger partial charge in [-0.1, -0.05) is 118 Å². The van der Waals surface area contributed by atoms with Crippen molar-refractivity contribution in [3.8, 4) is 0 Å². The largest absolute Gasteiger partial charge is 0.466 e. The van der Waals surface area contributed by atoms with Crippen LogP contribution in [-0.2, 0) is 19.1 Å². The van der Waals surface area contributed by atoms with E-state index in [-0.39, 0.29) is 17.9 Å². The van der Waals surface area contributed by atoms with Gasteiger partial charge in [0, 0.05) is 6.42 Å². The van der Waals surface area contributed by atoms with Gasteiger partial charge in [0.15, 0.2) is 0 Å². The summed E-state index contributed by atoms with van der Waals surface area (Å²) in [6, 6.07) is 0. The zero-order valence-corrected chi connectivity index (χ0v) is 25.6. The lowest BCUT2D eigenvalue weighted by Gasteiger charge is -2.14. The van der Waals surface area contributed by atoms with Crippen molar-refractivity contribution in [1.82, 2.24) is 0 Å². The number of esters is 2. The molecule has 0 N–H and O–H groups in total. The summed E-state index contributed by atoms with van der Waals surface area (Å²) in [5.41, 5.74) is 0. The lowest BCUT2D eigenvalue weighted by atomic mass is 9.97. The van der Waals surface area contributed by atoms with Crippen LogP contribution in [-0.4, -0.2) is 25.2 Å². The second-order valence-corrected chi connectivity index (χ2v) is 12.1. The molecule has 0 aliphatic carbocycles. The summed E-state index contributed by atoms with van der Waals surface area (Å²) < 4.78 is 10.8. The first kappa shape index (κ1) is 35.9. The second kappa shape index (κ2) is 26.5. The second-order valence-electron chi connectivity index (χ2n) is 12.1. The van der Waals surface area contributed by atoms with Crippen LogP contribution >= 0.6 is 0 Å². The lowest BCUT2D eigenvalue weighted by Crippen LogP contribution is -2.17. The van der Waals surface area contributed by atoms with E-state index >= 15 is 0 Å². The smallest absolute Gasteiger partial charge is 0.308 e. The Hall–Kier alpha value is -1.06. The van der Waals surface area contributed by atoms with Crippen molar-refractivity contribution in [2.24, 2.45) is 17.8 Å². The van der Waals surface area contributed by atoms with E-state index in [9.17, 15) is 9.59 Å². The molecule has 0 rings (SSSR count). The third-order valence-electron chi connectivity index (χ3n) is 7.37. The van der Waals surface area contributed by atoms with Crippen molar-refractivity contribution in [3.63, 3.8) is 0 Å². The number of hydrogen-bond acceptors (Lipinski definition) is 4. The third-order valence-corrected chi connectivity index (χ3v) is 7.37. The molecule has 0 bridgehead atoms. The average Bonchev–Trinajstić information content (AvgIpc) is 2.85. The predicted octanol–water partition coefficient (Wildman–Crippen LogP) is 10.2. The molecule has 37 heavy (non-hydrogen) atoms. The summed E-state index contributed by atoms with van der Waals surface area (Å²) in [4.78, 5) is 24.0. The summed E-state index contributed by atoms with van der Waals surface area (Å²) in [6.07, 6.45) is 24.1. The quantitative estimate of drug-likeness (QED) is 0.0792. The molecule has 0 radical (unpaired) electrons. The Bertz CT molecular complexity index is 514. The van der Waals surface area contributed by atoms with Crippen LogP contribution in [0.5, 0.6) is 0 Å². The van der Waals surface area contributed by atoms with Crippen molar-refractivity contribution < 1.29 is 19.1 Å². The molecule has 0 saturated carbocycles. The van der Waals surface area contributed by atoms with Gasteiger partial charge < -0.3 is 9.47 Å². The van der Waals surface area contributed by atoms with Crippen LogP contribution in [0.4, 0.5) is 0 Å². The van der Waals surface area contributed by atoms with E-state index in [4.69, 9.17) is 9.47 Å². The zero-order valence-electron chi connectivity index (χ0n) is 25.6. The van der Waals surface area contributed by atoms with Crippen molar-refractivity contribution >= 4 is 11.9 Å². The van der Waals surface area contributed by atoms with Gasteiger partial charge in [-0.15, -0.1) is 0 Å². The Morgan fingerprint density at radius 3 is 1.38 bits per heavy atom. The topological polar surface area (TPSA) is 52.6 Å². The molecule has 0 aromatic rings. The SMILES string of the molecule is CCC(CCCCCCCCCCCCCCC(=O)OCCCCC(C)C)C(=O)OCCCCC(C)C. The third kappa shape index (κ3) is 26.3. The Labute approximate surface area is 231 Å². The van der Waals surface area contributed by atoms with Crippen LogP contribution in [0.1, 0.15) is 169 Å². The zero-order chi connectivity index (χ0) is 27.6. The minimum atomic E-state index is -0.0118. The van der Waals surface area contributed by atoms with Gasteiger partial charge >= 0.3 is 11.9 Å². The van der Waals surface area contributed by atoms with E-state index in [1.54, 1.807) is 0 Å². The minimum Gasteiger partial charge on any atom is -0.466 e. The van der Waals surface area contributed by atoms with Crippen molar-refractivity contribution in [2.45, 2.75) is 169 Å². The van der Waals surface area contributed by atoms with E-state index in [1.807, 2.05) is 0 Å². The van der Waals surface area contributed by atoms with Crippen molar-refractivity contribution in [2.75, 3.05) is 13.2 Å². The van der Waals surface area contributed by atoms with E-state index in [2.05, 4.69) is 34.6 Å². The number of carbonyl (C=O) groups is 2. The van der Waals surface area contributed by atoms with E-state index in [0.29, 0.717) is 19.6 Å². The molecule has 0 aromatic carbocycles. The maximum Gasteiger partial charge on any atom is 0.308 e. The highest BCUT2D eigenvalue weighted by molar-refractivity contribution is 5.72. The fourth-order valence-corrected chi connectivity index (χ4v) is 4.77. The Morgan fingerprint density at radius 1 is 0.514 bits per heavy atom. The Kier molecular flexibility index (Phi) is 25.8. The summed E-state index contributed by atoms with van der Waals surface area (Å²) in [5, 5.41) is 0. The molecular formula is C33H64O4. The van der Waals surface area contributed by atoms with Crippen LogP contribution in [0.2, 0.25) is 0 Å². The summed E-state index contributed by atoms with van der Waals surface area (Å²) in [7, 11) is 0. The maximum atomic E-state index is 12.3. The normalized spacial score (nSPS) is 12.3. The van der Waals surface area contributed by atoms with Gasteiger partial charge in [0.25, 0.3) is 0 Å². The summed E-state index contributed by atoms with van der Waals surface area (Å²) in [6.45, 7) is 12.2. The average molecular weight is 525 g/mol. The van der Waals surface area contributed by atoms with E-state index in [0.717, 1.165) is 69.6 Å². The molecule has 4 heteroatoms. The molecule has 0 spiro atoms. The van der Waals surface area contributed by atoms with Crippen LogP contribution in [0.15, 0.2) is 0 Å². The van der Waals surface area contributed by atoms with Crippen LogP contribution in [0.25, 0.3) is 0 Å². The molecule has 0 heterocycles. The van der Waals surface area contributed by atoms with Crippen LogP contribution in [0, 0.1) is 17.8 Å². The van der Waals surface area contributed by atoms with Crippen LogP contribution < -0.4 is 0 Å². The number of ether oxygens (including phenoxy) is 2. The molecule has 1 unspecified atom stereocenters. The predicted molar refractivity (Wildman–Crippen MR) is 158 cm³/mol. The van der Waals surface area contributed by atoms with Gasteiger partial charge in [0.2, 0.25) is 0 Å². The maximum absolute atomic E-state index is 12.3. The molecule has 4 nitrogen and oxygen atoms in total. The Balaban J connectivity index is 3.41.